The van der Waals surface area contributed by atoms with Crippen molar-refractivity contribution in [3.8, 4) is 0 Å². The van der Waals surface area contributed by atoms with Crippen molar-refractivity contribution in [3.05, 3.63) is 65.9 Å². The highest BCUT2D eigenvalue weighted by Crippen LogP contribution is 2.26. The molecule has 4 rings (SSSR count). The van der Waals surface area contributed by atoms with Crippen molar-refractivity contribution in [1.82, 2.24) is 15.2 Å². The van der Waals surface area contributed by atoms with Gasteiger partial charge in [0.15, 0.2) is 0 Å². The van der Waals surface area contributed by atoms with E-state index >= 15 is 0 Å². The molecule has 0 bridgehead atoms. The number of nitrogens with zero attached hydrogens (tertiary/aromatic N) is 2. The second kappa shape index (κ2) is 15.9. The third-order valence-corrected chi connectivity index (χ3v) is 8.94. The van der Waals surface area contributed by atoms with Crippen LogP contribution < -0.4 is 15.5 Å². The van der Waals surface area contributed by atoms with Crippen LogP contribution in [0.4, 0.5) is 5.69 Å². The van der Waals surface area contributed by atoms with E-state index in [0.717, 1.165) is 73.4 Å². The Bertz CT molecular complexity index is 1350. The van der Waals surface area contributed by atoms with Gasteiger partial charge in [0.2, 0.25) is 11.8 Å². The third-order valence-electron chi connectivity index (χ3n) is 8.38. The van der Waals surface area contributed by atoms with Crippen molar-refractivity contribution in [2.24, 2.45) is 5.92 Å². The Hall–Kier alpha value is -3.13. The molecule has 1 heterocycles. The lowest BCUT2D eigenvalue weighted by Crippen LogP contribution is -2.42. The van der Waals surface area contributed by atoms with Crippen LogP contribution in [-0.2, 0) is 22.6 Å². The summed E-state index contributed by atoms with van der Waals surface area (Å²) in [5.74, 6) is -0.0814. The van der Waals surface area contributed by atoms with Gasteiger partial charge in [0.25, 0.3) is 5.91 Å². The molecule has 8 heteroatoms. The molecule has 0 aliphatic heterocycles. The number of carbonyl (C=O) groups is 3. The molecule has 3 amide bonds. The highest BCUT2D eigenvalue weighted by molar-refractivity contribution is 9.09. The summed E-state index contributed by atoms with van der Waals surface area (Å²) < 4.78 is 1.84. The molecule has 1 aliphatic carbocycles. The van der Waals surface area contributed by atoms with E-state index < -0.39 is 0 Å². The zero-order valence-electron chi connectivity index (χ0n) is 25.0. The number of unbranched alkanes of at least 4 members (excludes halogenated alkanes) is 3. The molecule has 0 spiro atoms. The highest BCUT2D eigenvalue weighted by atomic mass is 79.9. The number of hydrogen-bond donors (Lipinski definition) is 2. The Balaban J connectivity index is 1.38. The second-order valence-electron chi connectivity index (χ2n) is 11.3. The number of halogens is 1. The van der Waals surface area contributed by atoms with Crippen LogP contribution in [0.2, 0.25) is 0 Å². The van der Waals surface area contributed by atoms with E-state index in [2.05, 4.69) is 45.6 Å². The molecule has 1 fully saturated rings. The van der Waals surface area contributed by atoms with Crippen LogP contribution >= 0.6 is 15.9 Å². The molecular formula is C34H45BrN4O3. The number of carbonyl (C=O) groups excluding carboxylic acids is 3. The van der Waals surface area contributed by atoms with E-state index in [9.17, 15) is 14.4 Å². The highest BCUT2D eigenvalue weighted by Gasteiger charge is 2.28. The van der Waals surface area contributed by atoms with E-state index in [-0.39, 0.29) is 36.2 Å². The third kappa shape index (κ3) is 8.24. The standard InChI is InChI=1S/C34H45BrN4O3/c1-3-25-12-11-14-29(22-25)38(4-2)32(40)24-39-30-15-8-7-13-27(30)23-31(39)34(42)37-28-18-16-26(17-19-28)33(41)36-21-10-6-5-9-20-35/h7-8,11-15,22-23,26,28H,3-6,9-10,16-21,24H2,1-2H3,(H,36,41)(H,37,42). The first-order valence-electron chi connectivity index (χ1n) is 15.6. The molecule has 1 saturated carbocycles. The van der Waals surface area contributed by atoms with Gasteiger partial charge in [-0.05, 0) is 81.7 Å². The van der Waals surface area contributed by atoms with Crippen molar-refractivity contribution in [2.75, 3.05) is 23.3 Å². The first kappa shape index (κ1) is 31.8. The SMILES string of the molecule is CCc1cccc(N(CC)C(=O)Cn2c(C(=O)NC3CCC(C(=O)NCCCCCCBr)CC3)cc3ccccc32)c1. The van der Waals surface area contributed by atoms with Gasteiger partial charge in [-0.3, -0.25) is 14.4 Å². The summed E-state index contributed by atoms with van der Waals surface area (Å²) >= 11 is 3.45. The minimum atomic E-state index is -0.175. The number of para-hydroxylation sites is 1. The number of alkyl halides is 1. The first-order chi connectivity index (χ1) is 20.4. The summed E-state index contributed by atoms with van der Waals surface area (Å²) in [4.78, 5) is 41.7. The van der Waals surface area contributed by atoms with E-state index in [1.54, 1.807) is 4.90 Å². The number of anilines is 1. The van der Waals surface area contributed by atoms with Crippen molar-refractivity contribution < 1.29 is 14.4 Å². The van der Waals surface area contributed by atoms with Gasteiger partial charge in [-0.15, -0.1) is 0 Å². The lowest BCUT2D eigenvalue weighted by Gasteiger charge is -2.28. The molecule has 7 nitrogen and oxygen atoms in total. The summed E-state index contributed by atoms with van der Waals surface area (Å²) in [6, 6.07) is 17.8. The van der Waals surface area contributed by atoms with Gasteiger partial charge in [-0.2, -0.15) is 0 Å². The maximum Gasteiger partial charge on any atom is 0.268 e. The van der Waals surface area contributed by atoms with E-state index in [1.807, 2.05) is 54.0 Å². The van der Waals surface area contributed by atoms with Gasteiger partial charge in [-0.1, -0.05) is 66.0 Å². The Morgan fingerprint density at radius 1 is 0.929 bits per heavy atom. The normalized spacial score (nSPS) is 16.7. The van der Waals surface area contributed by atoms with Crippen molar-refractivity contribution >= 4 is 50.2 Å². The molecule has 0 atom stereocenters. The lowest BCUT2D eigenvalue weighted by atomic mass is 9.85. The molecule has 226 valence electrons. The van der Waals surface area contributed by atoms with Crippen LogP contribution in [0.1, 0.15) is 81.3 Å². The van der Waals surface area contributed by atoms with Crippen LogP contribution in [0.3, 0.4) is 0 Å². The van der Waals surface area contributed by atoms with Gasteiger partial charge in [-0.25, -0.2) is 0 Å². The molecule has 1 aromatic heterocycles. The molecule has 0 radical (unpaired) electrons. The summed E-state index contributed by atoms with van der Waals surface area (Å²) in [7, 11) is 0. The molecule has 2 aromatic carbocycles. The number of hydrogen-bond acceptors (Lipinski definition) is 3. The smallest absolute Gasteiger partial charge is 0.268 e. The monoisotopic (exact) mass is 636 g/mol. The number of benzene rings is 2. The van der Waals surface area contributed by atoms with Crippen molar-refractivity contribution in [3.63, 3.8) is 0 Å². The molecule has 1 aliphatic rings. The first-order valence-corrected chi connectivity index (χ1v) is 16.7. The molecule has 2 N–H and O–H groups in total. The van der Waals surface area contributed by atoms with E-state index in [0.29, 0.717) is 12.2 Å². The summed E-state index contributed by atoms with van der Waals surface area (Å²) in [6.45, 7) is 5.43. The van der Waals surface area contributed by atoms with Crippen LogP contribution in [0, 0.1) is 5.92 Å². The fourth-order valence-corrected chi connectivity index (χ4v) is 6.32. The van der Waals surface area contributed by atoms with Gasteiger partial charge in [0, 0.05) is 47.0 Å². The maximum absolute atomic E-state index is 13.6. The molecule has 42 heavy (non-hydrogen) atoms. The van der Waals surface area contributed by atoms with Gasteiger partial charge >= 0.3 is 0 Å². The minimum Gasteiger partial charge on any atom is -0.356 e. The van der Waals surface area contributed by atoms with Crippen LogP contribution in [0.15, 0.2) is 54.6 Å². The molecular weight excluding hydrogens is 592 g/mol. The van der Waals surface area contributed by atoms with Gasteiger partial charge < -0.3 is 20.1 Å². The summed E-state index contributed by atoms with van der Waals surface area (Å²) in [6.07, 6.45) is 8.48. The number of amides is 3. The van der Waals surface area contributed by atoms with Gasteiger partial charge in [0.05, 0.1) is 0 Å². The maximum atomic E-state index is 13.6. The predicted octanol–water partition coefficient (Wildman–Crippen LogP) is 6.62. The van der Waals surface area contributed by atoms with Crippen molar-refractivity contribution in [2.45, 2.75) is 84.2 Å². The van der Waals surface area contributed by atoms with E-state index in [1.165, 1.54) is 18.4 Å². The fourth-order valence-electron chi connectivity index (χ4n) is 5.92. The van der Waals surface area contributed by atoms with Gasteiger partial charge in [0.1, 0.15) is 12.2 Å². The number of likely N-dealkylation sites (N-methyl/N-ethyl adjacent to an activating group) is 1. The quantitative estimate of drug-likeness (QED) is 0.154. The second-order valence-corrected chi connectivity index (χ2v) is 12.0. The number of aryl methyl sites for hydroxylation is 1. The van der Waals surface area contributed by atoms with E-state index in [4.69, 9.17) is 0 Å². The largest absolute Gasteiger partial charge is 0.356 e. The topological polar surface area (TPSA) is 83.4 Å². The summed E-state index contributed by atoms with van der Waals surface area (Å²) in [5, 5.41) is 8.28. The van der Waals surface area contributed by atoms with Crippen LogP contribution in [0.5, 0.6) is 0 Å². The number of rotatable bonds is 14. The Morgan fingerprint density at radius 3 is 2.43 bits per heavy atom. The Morgan fingerprint density at radius 2 is 1.69 bits per heavy atom. The number of fused-ring (bicyclic) bond motifs is 1. The average molecular weight is 638 g/mol. The summed E-state index contributed by atoms with van der Waals surface area (Å²) in [5.41, 5.74) is 3.41. The molecule has 0 unspecified atom stereocenters. The Kier molecular flexibility index (Phi) is 12.1. The molecule has 3 aromatic rings. The zero-order valence-corrected chi connectivity index (χ0v) is 26.6. The predicted molar refractivity (Wildman–Crippen MR) is 174 cm³/mol. The minimum absolute atomic E-state index is 0.0102. The number of aromatic nitrogens is 1. The zero-order chi connectivity index (χ0) is 29.9. The van der Waals surface area contributed by atoms with Crippen LogP contribution in [-0.4, -0.2) is 46.8 Å². The lowest BCUT2D eigenvalue weighted by molar-refractivity contribution is -0.126. The average Bonchev–Trinajstić information content (AvgIpc) is 3.38. The molecule has 0 saturated heterocycles. The fraction of sp³-hybridized carbons (Fsp3) is 0.500. The van der Waals surface area contributed by atoms with Crippen molar-refractivity contribution in [1.29, 1.82) is 0 Å². The number of nitrogens with one attached hydrogen (secondary N) is 2. The Labute approximate surface area is 258 Å². The van der Waals surface area contributed by atoms with Crippen LogP contribution in [0.25, 0.3) is 10.9 Å².